The summed E-state index contributed by atoms with van der Waals surface area (Å²) in [5, 5.41) is 49.9. The molecule has 0 unspecified atom stereocenters. The van der Waals surface area contributed by atoms with Crippen LogP contribution in [0.4, 0.5) is 22.7 Å². The van der Waals surface area contributed by atoms with E-state index in [9.17, 15) is 35.4 Å². The predicted octanol–water partition coefficient (Wildman–Crippen LogP) is 3.61. The van der Waals surface area contributed by atoms with Crippen LogP contribution < -0.4 is 15.5 Å². The fourth-order valence-electron chi connectivity index (χ4n) is 2.57. The zero-order chi connectivity index (χ0) is 24.9. The number of phenolic OH excluding ortho intramolecular Hbond substituents is 1. The van der Waals surface area contributed by atoms with Crippen molar-refractivity contribution in [3.63, 3.8) is 0 Å². The van der Waals surface area contributed by atoms with Crippen molar-refractivity contribution in [3.8, 4) is 11.5 Å². The summed E-state index contributed by atoms with van der Waals surface area (Å²) < 4.78 is 5.36. The lowest BCUT2D eigenvalue weighted by atomic mass is 10.1. The number of aromatic hydroxyl groups is 1. The SMILES string of the molecule is C/C(=N\NC(=S)Nc1ccc([N+](=O)[O-])cc1[N+](=O)[O-])c1cc([N+](=O)[O-])c(OC(C)C)cc1O. The van der Waals surface area contributed by atoms with Crippen molar-refractivity contribution >= 4 is 45.8 Å². The second kappa shape index (κ2) is 10.3. The van der Waals surface area contributed by atoms with Crippen molar-refractivity contribution in [1.82, 2.24) is 5.43 Å². The normalized spacial score (nSPS) is 11.1. The molecule has 0 fully saturated rings. The molecule has 0 aromatic heterocycles. The number of rotatable bonds is 8. The van der Waals surface area contributed by atoms with Gasteiger partial charge in [-0.1, -0.05) is 0 Å². The van der Waals surface area contributed by atoms with E-state index >= 15 is 0 Å². The molecule has 2 aromatic rings. The van der Waals surface area contributed by atoms with Crippen molar-refractivity contribution in [2.24, 2.45) is 5.10 Å². The molecule has 0 atom stereocenters. The summed E-state index contributed by atoms with van der Waals surface area (Å²) in [5.41, 5.74) is 0.971. The van der Waals surface area contributed by atoms with Crippen LogP contribution in [0.5, 0.6) is 11.5 Å². The molecule has 0 heterocycles. The Hall–Kier alpha value is -4.40. The molecule has 2 aromatic carbocycles. The van der Waals surface area contributed by atoms with Crippen molar-refractivity contribution in [2.45, 2.75) is 26.9 Å². The van der Waals surface area contributed by atoms with Gasteiger partial charge in [-0.2, -0.15) is 5.10 Å². The van der Waals surface area contributed by atoms with Crippen LogP contribution in [0.1, 0.15) is 26.3 Å². The number of ether oxygens (including phenoxy) is 1. The van der Waals surface area contributed by atoms with Crippen LogP contribution in [0.3, 0.4) is 0 Å². The minimum absolute atomic E-state index is 0.0226. The summed E-state index contributed by atoms with van der Waals surface area (Å²) in [7, 11) is 0. The Morgan fingerprint density at radius 1 is 1.06 bits per heavy atom. The van der Waals surface area contributed by atoms with E-state index in [1.807, 2.05) is 0 Å². The lowest BCUT2D eigenvalue weighted by molar-refractivity contribution is -0.393. The Morgan fingerprint density at radius 2 is 1.70 bits per heavy atom. The third kappa shape index (κ3) is 6.30. The highest BCUT2D eigenvalue weighted by molar-refractivity contribution is 7.80. The molecular formula is C18H18N6O8S. The Morgan fingerprint density at radius 3 is 2.24 bits per heavy atom. The minimum atomic E-state index is -0.815. The molecule has 0 aliphatic heterocycles. The fourth-order valence-corrected chi connectivity index (χ4v) is 2.73. The third-order valence-electron chi connectivity index (χ3n) is 3.99. The molecule has 0 radical (unpaired) electrons. The number of hydrogen-bond donors (Lipinski definition) is 3. The van der Waals surface area contributed by atoms with Gasteiger partial charge in [-0.05, 0) is 39.1 Å². The van der Waals surface area contributed by atoms with Crippen molar-refractivity contribution in [2.75, 3.05) is 5.32 Å². The third-order valence-corrected chi connectivity index (χ3v) is 4.18. The molecule has 2 rings (SSSR count). The topological polar surface area (TPSA) is 195 Å². The van der Waals surface area contributed by atoms with Crippen LogP contribution in [0.2, 0.25) is 0 Å². The Bertz CT molecular complexity index is 1170. The highest BCUT2D eigenvalue weighted by Crippen LogP contribution is 2.35. The summed E-state index contributed by atoms with van der Waals surface area (Å²) >= 11 is 5.03. The number of hydrazone groups is 1. The molecule has 14 nitrogen and oxygen atoms in total. The summed E-state index contributed by atoms with van der Waals surface area (Å²) in [6, 6.07) is 5.14. The fraction of sp³-hybridized carbons (Fsp3) is 0.222. The standard InChI is InChI=1S/C18H18N6O8S/c1-9(2)32-17-8-16(25)12(7-15(17)24(30)31)10(3)20-21-18(33)19-13-5-4-11(22(26)27)6-14(13)23(28)29/h4-9,25H,1-3H3,(H2,19,21,33)/b20-10+. The zero-order valence-corrected chi connectivity index (χ0v) is 18.3. The first-order valence-corrected chi connectivity index (χ1v) is 9.54. The van der Waals surface area contributed by atoms with Crippen LogP contribution in [-0.4, -0.2) is 36.8 Å². The van der Waals surface area contributed by atoms with Gasteiger partial charge < -0.3 is 15.2 Å². The zero-order valence-electron chi connectivity index (χ0n) is 17.5. The first-order valence-electron chi connectivity index (χ1n) is 9.13. The average Bonchev–Trinajstić information content (AvgIpc) is 2.71. The van der Waals surface area contributed by atoms with Crippen LogP contribution in [-0.2, 0) is 0 Å². The highest BCUT2D eigenvalue weighted by Gasteiger charge is 2.22. The number of non-ortho nitro benzene ring substituents is 1. The molecule has 0 bridgehead atoms. The Balaban J connectivity index is 2.26. The second-order valence-electron chi connectivity index (χ2n) is 6.74. The van der Waals surface area contributed by atoms with E-state index in [2.05, 4.69) is 15.8 Å². The van der Waals surface area contributed by atoms with Gasteiger partial charge in [-0.3, -0.25) is 35.8 Å². The van der Waals surface area contributed by atoms with Crippen molar-refractivity contribution in [1.29, 1.82) is 0 Å². The molecule has 0 spiro atoms. The van der Waals surface area contributed by atoms with Gasteiger partial charge in [0.1, 0.15) is 11.4 Å². The molecule has 0 saturated carbocycles. The molecular weight excluding hydrogens is 460 g/mol. The van der Waals surface area contributed by atoms with E-state index in [0.29, 0.717) is 0 Å². The van der Waals surface area contributed by atoms with E-state index in [-0.39, 0.29) is 45.4 Å². The number of phenols is 1. The largest absolute Gasteiger partial charge is 0.507 e. The first-order chi connectivity index (χ1) is 15.4. The maximum Gasteiger partial charge on any atom is 0.311 e. The molecule has 33 heavy (non-hydrogen) atoms. The number of nitrogens with zero attached hydrogens (tertiary/aromatic N) is 4. The Labute approximate surface area is 191 Å². The molecule has 3 N–H and O–H groups in total. The van der Waals surface area contributed by atoms with E-state index in [0.717, 1.165) is 30.3 Å². The molecule has 0 amide bonds. The summed E-state index contributed by atoms with van der Waals surface area (Å²) in [6.45, 7) is 4.79. The summed E-state index contributed by atoms with van der Waals surface area (Å²) in [5.74, 6) is -0.441. The van der Waals surface area contributed by atoms with E-state index in [1.54, 1.807) is 13.8 Å². The van der Waals surface area contributed by atoms with Crippen molar-refractivity contribution in [3.05, 3.63) is 66.2 Å². The first kappa shape index (κ1) is 24.9. The van der Waals surface area contributed by atoms with Crippen LogP contribution >= 0.6 is 12.2 Å². The molecule has 174 valence electrons. The quantitative estimate of drug-likeness (QED) is 0.217. The predicted molar refractivity (Wildman–Crippen MR) is 122 cm³/mol. The number of nitro groups is 3. The number of thiocarbonyl (C=S) groups is 1. The maximum atomic E-state index is 11.4. The Kier molecular flexibility index (Phi) is 7.74. The van der Waals surface area contributed by atoms with Gasteiger partial charge in [0.15, 0.2) is 5.11 Å². The van der Waals surface area contributed by atoms with Gasteiger partial charge in [0.05, 0.1) is 32.7 Å². The minimum Gasteiger partial charge on any atom is -0.507 e. The molecule has 0 aliphatic rings. The van der Waals surface area contributed by atoms with Gasteiger partial charge in [-0.15, -0.1) is 0 Å². The number of nitrogens with one attached hydrogen (secondary N) is 2. The summed E-state index contributed by atoms with van der Waals surface area (Å²) in [6.07, 6.45) is -0.364. The van der Waals surface area contributed by atoms with E-state index in [4.69, 9.17) is 17.0 Å². The second-order valence-corrected chi connectivity index (χ2v) is 7.15. The van der Waals surface area contributed by atoms with Gasteiger partial charge >= 0.3 is 5.69 Å². The van der Waals surface area contributed by atoms with Crippen LogP contribution in [0.25, 0.3) is 0 Å². The number of nitro benzene ring substituents is 3. The van der Waals surface area contributed by atoms with Gasteiger partial charge in [-0.25, -0.2) is 0 Å². The number of anilines is 1. The highest BCUT2D eigenvalue weighted by atomic mass is 32.1. The maximum absolute atomic E-state index is 11.4. The monoisotopic (exact) mass is 478 g/mol. The lowest BCUT2D eigenvalue weighted by Crippen LogP contribution is -2.25. The molecule has 0 saturated heterocycles. The molecule has 15 heteroatoms. The average molecular weight is 478 g/mol. The van der Waals surface area contributed by atoms with Crippen molar-refractivity contribution < 1.29 is 24.6 Å². The number of benzene rings is 2. The summed E-state index contributed by atoms with van der Waals surface area (Å²) in [4.78, 5) is 31.1. The van der Waals surface area contributed by atoms with E-state index in [1.165, 1.54) is 6.92 Å². The van der Waals surface area contributed by atoms with Gasteiger partial charge in [0.25, 0.3) is 11.4 Å². The van der Waals surface area contributed by atoms with Crippen LogP contribution in [0, 0.1) is 30.3 Å². The molecule has 0 aliphatic carbocycles. The van der Waals surface area contributed by atoms with Gasteiger partial charge in [0, 0.05) is 23.8 Å². The lowest BCUT2D eigenvalue weighted by Gasteiger charge is -2.13. The van der Waals surface area contributed by atoms with Gasteiger partial charge in [0.2, 0.25) is 5.75 Å². The smallest absolute Gasteiger partial charge is 0.311 e. The van der Waals surface area contributed by atoms with E-state index < -0.39 is 26.1 Å². The van der Waals surface area contributed by atoms with Crippen LogP contribution in [0.15, 0.2) is 35.4 Å². The number of hydrogen-bond acceptors (Lipinski definition) is 10.